The fourth-order valence-electron chi connectivity index (χ4n) is 4.95. The molecular formula is C22H22N4O3S2. The number of rotatable bonds is 3. The number of imide groups is 1. The van der Waals surface area contributed by atoms with E-state index < -0.39 is 17.5 Å². The Morgan fingerprint density at radius 2 is 2.23 bits per heavy atom. The van der Waals surface area contributed by atoms with Gasteiger partial charge in [0.1, 0.15) is 23.2 Å². The van der Waals surface area contributed by atoms with Crippen LogP contribution in [0.2, 0.25) is 0 Å². The molecule has 1 fully saturated rings. The van der Waals surface area contributed by atoms with Crippen LogP contribution in [0.3, 0.4) is 0 Å². The summed E-state index contributed by atoms with van der Waals surface area (Å²) in [5.41, 5.74) is 1.35. The van der Waals surface area contributed by atoms with E-state index >= 15 is 0 Å². The third-order valence-electron chi connectivity index (χ3n) is 6.51. The predicted octanol–water partition coefficient (Wildman–Crippen LogP) is 3.53. The minimum Gasteiger partial charge on any atom is -0.319 e. The number of hydrogen-bond donors (Lipinski definition) is 2. The van der Waals surface area contributed by atoms with E-state index in [1.165, 1.54) is 11.3 Å². The van der Waals surface area contributed by atoms with Crippen molar-refractivity contribution in [3.8, 4) is 6.07 Å². The number of fused-ring (bicyclic) bond motifs is 3. The van der Waals surface area contributed by atoms with Crippen LogP contribution in [-0.2, 0) is 34.4 Å². The monoisotopic (exact) mass is 454 g/mol. The van der Waals surface area contributed by atoms with Gasteiger partial charge in [-0.1, -0.05) is 6.92 Å². The second-order valence-electron chi connectivity index (χ2n) is 8.55. The molecule has 160 valence electrons. The first-order valence-corrected chi connectivity index (χ1v) is 12.2. The normalized spacial score (nSPS) is 24.5. The van der Waals surface area contributed by atoms with Gasteiger partial charge in [-0.05, 0) is 61.5 Å². The van der Waals surface area contributed by atoms with Gasteiger partial charge in [-0.2, -0.15) is 5.26 Å². The molecule has 1 spiro atoms. The van der Waals surface area contributed by atoms with Crippen LogP contribution in [0.1, 0.15) is 52.6 Å². The molecule has 31 heavy (non-hydrogen) atoms. The lowest BCUT2D eigenvalue weighted by atomic mass is 9.80. The number of carbonyl (C=O) groups is 3. The number of urea groups is 1. The van der Waals surface area contributed by atoms with E-state index in [9.17, 15) is 19.6 Å². The van der Waals surface area contributed by atoms with Gasteiger partial charge in [0.2, 0.25) is 5.91 Å². The Balaban J connectivity index is 1.35. The topological polar surface area (TPSA) is 102 Å². The second kappa shape index (κ2) is 7.46. The molecule has 4 amide bonds. The first-order valence-electron chi connectivity index (χ1n) is 10.5. The molecule has 0 unspecified atom stereocenters. The molecule has 5 rings (SSSR count). The summed E-state index contributed by atoms with van der Waals surface area (Å²) in [4.78, 5) is 42.0. The fraction of sp³-hybridized carbons (Fsp3) is 0.455. The number of nitriles is 1. The number of nitrogens with zero attached hydrogens (tertiary/aromatic N) is 2. The maximum atomic E-state index is 13.3. The van der Waals surface area contributed by atoms with Crippen molar-refractivity contribution in [1.82, 2.24) is 10.2 Å². The summed E-state index contributed by atoms with van der Waals surface area (Å²) >= 11 is 3.03. The maximum Gasteiger partial charge on any atom is 0.325 e. The maximum absolute atomic E-state index is 13.3. The van der Waals surface area contributed by atoms with Gasteiger partial charge in [-0.3, -0.25) is 14.5 Å². The molecule has 2 atom stereocenters. The number of anilines is 1. The van der Waals surface area contributed by atoms with E-state index in [0.717, 1.165) is 57.9 Å². The van der Waals surface area contributed by atoms with E-state index in [4.69, 9.17) is 0 Å². The highest BCUT2D eigenvalue weighted by molar-refractivity contribution is 7.16. The van der Waals surface area contributed by atoms with Crippen molar-refractivity contribution in [2.45, 2.75) is 51.0 Å². The summed E-state index contributed by atoms with van der Waals surface area (Å²) in [6.45, 7) is 1.82. The smallest absolute Gasteiger partial charge is 0.319 e. The first kappa shape index (κ1) is 20.2. The van der Waals surface area contributed by atoms with Crippen molar-refractivity contribution >= 4 is 45.5 Å². The van der Waals surface area contributed by atoms with E-state index in [1.54, 1.807) is 11.3 Å². The molecule has 3 heterocycles. The Morgan fingerprint density at radius 3 is 3.03 bits per heavy atom. The number of aryl methyl sites for hydroxylation is 1. The average Bonchev–Trinajstić information content (AvgIpc) is 3.40. The molecule has 1 saturated heterocycles. The molecule has 1 aliphatic heterocycles. The zero-order chi connectivity index (χ0) is 21.8. The van der Waals surface area contributed by atoms with Gasteiger partial charge in [0.25, 0.3) is 5.91 Å². The van der Waals surface area contributed by atoms with Gasteiger partial charge < -0.3 is 10.6 Å². The minimum atomic E-state index is -1.05. The Kier molecular flexibility index (Phi) is 4.87. The average molecular weight is 455 g/mol. The number of thiophene rings is 2. The third-order valence-corrected chi connectivity index (χ3v) is 8.67. The van der Waals surface area contributed by atoms with Crippen LogP contribution in [0.4, 0.5) is 9.80 Å². The van der Waals surface area contributed by atoms with Crippen molar-refractivity contribution in [2.75, 3.05) is 11.9 Å². The van der Waals surface area contributed by atoms with Crippen LogP contribution in [0.25, 0.3) is 0 Å². The quantitative estimate of drug-likeness (QED) is 0.693. The number of amides is 4. The molecule has 0 radical (unpaired) electrons. The van der Waals surface area contributed by atoms with Crippen LogP contribution in [0, 0.1) is 17.2 Å². The van der Waals surface area contributed by atoms with Crippen LogP contribution in [-0.4, -0.2) is 29.3 Å². The lowest BCUT2D eigenvalue weighted by molar-refractivity contribution is -0.134. The van der Waals surface area contributed by atoms with Gasteiger partial charge in [-0.15, -0.1) is 22.7 Å². The Morgan fingerprint density at radius 1 is 1.39 bits per heavy atom. The SMILES string of the molecule is C[C@H]1CCc2c(sc(NC(=O)CN3C(=O)N[C@@]4(CCCc5sccc54)C3=O)c2C#N)C1. The van der Waals surface area contributed by atoms with Crippen molar-refractivity contribution in [3.05, 3.63) is 37.9 Å². The van der Waals surface area contributed by atoms with Crippen LogP contribution in [0.15, 0.2) is 11.4 Å². The molecule has 2 aromatic heterocycles. The Bertz CT molecular complexity index is 1140. The van der Waals surface area contributed by atoms with Gasteiger partial charge in [-0.25, -0.2) is 4.79 Å². The van der Waals surface area contributed by atoms with E-state index in [1.807, 2.05) is 11.4 Å². The lowest BCUT2D eigenvalue weighted by Crippen LogP contribution is -2.46. The number of nitrogens with one attached hydrogen (secondary N) is 2. The van der Waals surface area contributed by atoms with Gasteiger partial charge in [0.15, 0.2) is 0 Å². The highest BCUT2D eigenvalue weighted by Crippen LogP contribution is 2.42. The summed E-state index contributed by atoms with van der Waals surface area (Å²) < 4.78 is 0. The molecule has 2 aliphatic carbocycles. The van der Waals surface area contributed by atoms with Crippen LogP contribution < -0.4 is 10.6 Å². The third kappa shape index (κ3) is 3.17. The molecule has 9 heteroatoms. The highest BCUT2D eigenvalue weighted by atomic mass is 32.1. The highest BCUT2D eigenvalue weighted by Gasteiger charge is 2.54. The number of carbonyl (C=O) groups excluding carboxylic acids is 3. The van der Waals surface area contributed by atoms with E-state index in [-0.39, 0.29) is 12.5 Å². The zero-order valence-electron chi connectivity index (χ0n) is 17.1. The summed E-state index contributed by atoms with van der Waals surface area (Å²) in [6.07, 6.45) is 5.02. The Hall–Kier alpha value is -2.70. The fourth-order valence-corrected chi connectivity index (χ4v) is 7.33. The van der Waals surface area contributed by atoms with Crippen molar-refractivity contribution in [2.24, 2.45) is 5.92 Å². The standard InChI is InChI=1S/C22H22N4O3S2/c1-12-4-5-13-14(10-23)19(31-17(13)9-12)24-18(27)11-26-20(28)22(25-21(26)29)7-2-3-16-15(22)6-8-30-16/h6,8,12H,2-5,7,9,11H2,1H3,(H,24,27)(H,25,29)/t12-,22+/m0/s1. The summed E-state index contributed by atoms with van der Waals surface area (Å²) in [5, 5.41) is 17.7. The molecule has 2 aromatic rings. The zero-order valence-corrected chi connectivity index (χ0v) is 18.8. The molecule has 2 N–H and O–H groups in total. The van der Waals surface area contributed by atoms with Crippen LogP contribution >= 0.6 is 22.7 Å². The molecule has 0 bridgehead atoms. The van der Waals surface area contributed by atoms with Crippen molar-refractivity contribution in [1.29, 1.82) is 5.26 Å². The van der Waals surface area contributed by atoms with Gasteiger partial charge in [0.05, 0.1) is 5.56 Å². The predicted molar refractivity (Wildman–Crippen MR) is 118 cm³/mol. The second-order valence-corrected chi connectivity index (χ2v) is 10.7. The lowest BCUT2D eigenvalue weighted by Gasteiger charge is -2.31. The van der Waals surface area contributed by atoms with Gasteiger partial charge in [0, 0.05) is 15.3 Å². The Labute approximate surface area is 188 Å². The molecule has 7 nitrogen and oxygen atoms in total. The molecular weight excluding hydrogens is 432 g/mol. The molecule has 0 aromatic carbocycles. The largest absolute Gasteiger partial charge is 0.325 e. The summed E-state index contributed by atoms with van der Waals surface area (Å²) in [7, 11) is 0. The summed E-state index contributed by atoms with van der Waals surface area (Å²) in [5.74, 6) is -0.280. The summed E-state index contributed by atoms with van der Waals surface area (Å²) in [6, 6.07) is 3.58. The van der Waals surface area contributed by atoms with E-state index in [0.29, 0.717) is 22.9 Å². The van der Waals surface area contributed by atoms with E-state index in [2.05, 4.69) is 23.6 Å². The first-order chi connectivity index (χ1) is 14.9. The molecule has 0 saturated carbocycles. The van der Waals surface area contributed by atoms with Crippen LogP contribution in [0.5, 0.6) is 0 Å². The van der Waals surface area contributed by atoms with Crippen molar-refractivity contribution in [3.63, 3.8) is 0 Å². The minimum absolute atomic E-state index is 0.365. The number of hydrogen-bond acceptors (Lipinski definition) is 6. The van der Waals surface area contributed by atoms with Gasteiger partial charge >= 0.3 is 6.03 Å². The molecule has 3 aliphatic rings. The van der Waals surface area contributed by atoms with Crippen molar-refractivity contribution < 1.29 is 14.4 Å².